The zero-order valence-electron chi connectivity index (χ0n) is 75.6. The standard InChI is InChI=1S/C21H22F2N2.C15H18F3NO.C14H15F4NO.C14H17FN2.C14H18FNO.C13H15F2NO.C11H8FNOS.5ClH/c22-19-7-3-1-5-16(19)13-21(15-24,18-9-11-25-12-10-18)14-17-6-2-4-8-20(17)23;1-14(6-8-19-9-7-14)13(20)10-11-4-2-3-5-12(11)15(16,17)18;15-13(5-7-19-8-6-13)12(20)9-10-3-1-2-4-11(10)14(16,17)18;15-14-4-2-1-3-12(14)9-13(10-16)11-5-7-17-8-6-11;1-14(6-8-16-9-7-14)13(17)10-11-4-2-3-5-12(11)15;14-11-4-2-1-3-10(11)9-12(17)13(15)5-7-16-8-6-13;12-11-9(3-6-15-11)7-10(14)8-1-4-13-5-2-8;;;;;/h1-8,18,25H,9-14H2;2-5,19H,6-10H2,1H3;1-4,19H,5-9H2;1-4,11,13,17H,5-9H2;2-5,16H,6-10H2,1H3;1-4,16H,5-9H2;1-6H,7H2;5*1H. The highest BCUT2D eigenvalue weighted by Crippen LogP contribution is 2.43. The Morgan fingerprint density at radius 2 is 0.699 bits per heavy atom. The molecular formula is C102H118Cl5F14N9O5S. The summed E-state index contributed by atoms with van der Waals surface area (Å²) in [5.74, 6) is -2.38. The molecule has 0 bridgehead atoms. The maximum atomic E-state index is 14.4. The molecule has 6 aliphatic rings. The zero-order valence-corrected chi connectivity index (χ0v) is 80.5. The van der Waals surface area contributed by atoms with Gasteiger partial charge in [0, 0.05) is 92.1 Å². The lowest BCUT2D eigenvalue weighted by Gasteiger charge is -2.38. The van der Waals surface area contributed by atoms with E-state index in [2.05, 4.69) is 49.0 Å². The van der Waals surface area contributed by atoms with Crippen molar-refractivity contribution < 1.29 is 85.4 Å². The van der Waals surface area contributed by atoms with E-state index < -0.39 is 69.5 Å². The van der Waals surface area contributed by atoms with Gasteiger partial charge in [0.15, 0.2) is 33.8 Å². The first-order valence-electron chi connectivity index (χ1n) is 44.3. The minimum absolute atomic E-state index is 0. The van der Waals surface area contributed by atoms with Crippen LogP contribution in [0, 0.1) is 90.9 Å². The number of piperidine rings is 6. The Hall–Kier alpha value is -9.05. The summed E-state index contributed by atoms with van der Waals surface area (Å²) < 4.78 is 188. The molecule has 0 aliphatic carbocycles. The number of ketones is 5. The molecule has 0 radical (unpaired) electrons. The molecule has 0 saturated carbocycles. The predicted octanol–water partition coefficient (Wildman–Crippen LogP) is 22.1. The minimum atomic E-state index is -4.53. The number of alkyl halides is 8. The van der Waals surface area contributed by atoms with E-state index >= 15 is 0 Å². The first-order valence-corrected chi connectivity index (χ1v) is 45.2. The Bertz CT molecular complexity index is 5050. The van der Waals surface area contributed by atoms with Gasteiger partial charge in [-0.1, -0.05) is 141 Å². The third-order valence-electron chi connectivity index (χ3n) is 25.4. The number of aromatic nitrogens is 1. The molecule has 2 aromatic heterocycles. The molecule has 8 heterocycles. The van der Waals surface area contributed by atoms with Crippen LogP contribution < -0.4 is 31.9 Å². The van der Waals surface area contributed by atoms with E-state index in [4.69, 9.17) is 0 Å². The van der Waals surface area contributed by atoms with E-state index in [0.29, 0.717) is 97.6 Å². The number of Topliss-reactive ketones (excluding diaryl/α,β-unsaturated/α-hetero) is 5. The smallest absolute Gasteiger partial charge is 0.317 e. The van der Waals surface area contributed by atoms with Gasteiger partial charge in [-0.05, 0) is 266 Å². The van der Waals surface area contributed by atoms with Crippen molar-refractivity contribution in [2.24, 2.45) is 34.0 Å². The van der Waals surface area contributed by atoms with E-state index in [0.717, 1.165) is 114 Å². The van der Waals surface area contributed by atoms with Gasteiger partial charge in [0.05, 0.1) is 34.6 Å². The Labute approximate surface area is 821 Å². The van der Waals surface area contributed by atoms with Crippen LogP contribution in [0.2, 0.25) is 0 Å². The number of benzene rings is 7. The lowest BCUT2D eigenvalue weighted by molar-refractivity contribution is -0.140. The summed E-state index contributed by atoms with van der Waals surface area (Å²) in [5, 5.41) is 39.6. The number of carbonyl (C=O) groups is 5. The van der Waals surface area contributed by atoms with Gasteiger partial charge in [0.25, 0.3) is 0 Å². The van der Waals surface area contributed by atoms with Crippen LogP contribution in [0.3, 0.4) is 0 Å². The van der Waals surface area contributed by atoms with Crippen LogP contribution in [0.25, 0.3) is 0 Å². The normalized spacial score (nSPS) is 16.6. The fourth-order valence-electron chi connectivity index (χ4n) is 16.9. The quantitative estimate of drug-likeness (QED) is 0.0259. The minimum Gasteiger partial charge on any atom is -0.317 e. The summed E-state index contributed by atoms with van der Waals surface area (Å²) in [5.41, 5.74) is -3.54. The van der Waals surface area contributed by atoms with Gasteiger partial charge in [-0.15, -0.1) is 73.4 Å². The van der Waals surface area contributed by atoms with Gasteiger partial charge >= 0.3 is 12.4 Å². The molecule has 6 N–H and O–H groups in total. The lowest BCUT2D eigenvalue weighted by Crippen LogP contribution is -2.45. The van der Waals surface area contributed by atoms with Crippen LogP contribution in [0.1, 0.15) is 157 Å². The topological polar surface area (TPSA) is 218 Å². The molecule has 0 amide bonds. The fourth-order valence-corrected chi connectivity index (χ4v) is 17.6. The molecule has 740 valence electrons. The molecule has 6 saturated heterocycles. The van der Waals surface area contributed by atoms with Gasteiger partial charge in [0.2, 0.25) is 0 Å². The SMILES string of the molecule is CC1(C(=O)Cc2ccccc2C(F)(F)F)CCNCC1.CC1(C(=O)Cc2ccccc2F)CCNCC1.Cl.Cl.Cl.Cl.Cl.N#CC(Cc1ccccc1F)(Cc1ccccc1F)C1CCNCC1.N#CC(Cc1ccccc1F)C1CCNCC1.O=C(Cc1ccccc1C(F)(F)F)C1(F)CCNCC1.O=C(Cc1ccccc1F)C1(F)CCNCC1.O=C(Cc1ccsc1F)c1ccncc1. The maximum absolute atomic E-state index is 14.4. The molecule has 9 aromatic rings. The van der Waals surface area contributed by atoms with Gasteiger partial charge in [-0.3, -0.25) is 29.0 Å². The third kappa shape index (κ3) is 36.0. The van der Waals surface area contributed by atoms with Crippen molar-refractivity contribution in [2.45, 2.75) is 166 Å². The van der Waals surface area contributed by atoms with Gasteiger partial charge in [0.1, 0.15) is 40.7 Å². The summed E-state index contributed by atoms with van der Waals surface area (Å²) >= 11 is 1.01. The van der Waals surface area contributed by atoms with Crippen LogP contribution in [-0.4, -0.2) is 124 Å². The molecule has 136 heavy (non-hydrogen) atoms. The fraction of sp³-hybridized carbons (Fsp3) is 0.431. The van der Waals surface area contributed by atoms with E-state index in [1.807, 2.05) is 19.9 Å². The molecule has 1 unspecified atom stereocenters. The van der Waals surface area contributed by atoms with Gasteiger partial charge in [-0.2, -0.15) is 41.3 Å². The van der Waals surface area contributed by atoms with Crippen LogP contribution in [-0.2, 0) is 82.9 Å². The number of halogens is 19. The van der Waals surface area contributed by atoms with Crippen molar-refractivity contribution in [3.8, 4) is 12.1 Å². The number of hydrogen-bond donors (Lipinski definition) is 6. The molecule has 14 nitrogen and oxygen atoms in total. The van der Waals surface area contributed by atoms with Crippen molar-refractivity contribution in [1.82, 2.24) is 36.9 Å². The summed E-state index contributed by atoms with van der Waals surface area (Å²) in [6.07, 6.45) is 1.96. The first kappa shape index (κ1) is 119. The Morgan fingerprint density at radius 1 is 0.390 bits per heavy atom. The van der Waals surface area contributed by atoms with Crippen molar-refractivity contribution in [3.05, 3.63) is 301 Å². The number of hydrogen-bond acceptors (Lipinski definition) is 15. The number of pyridine rings is 1. The van der Waals surface area contributed by atoms with Crippen LogP contribution in [0.4, 0.5) is 61.5 Å². The average molecular weight is 2030 g/mol. The van der Waals surface area contributed by atoms with E-state index in [1.54, 1.807) is 121 Å². The largest absolute Gasteiger partial charge is 0.416 e. The average Bonchev–Trinajstić information content (AvgIpc) is 0.871. The second-order valence-corrected chi connectivity index (χ2v) is 35.3. The molecule has 6 aliphatic heterocycles. The number of carbonyl (C=O) groups excluding carboxylic acids is 5. The third-order valence-corrected chi connectivity index (χ3v) is 26.1. The first-order chi connectivity index (χ1) is 62.6. The Kier molecular flexibility index (Phi) is 51.0. The van der Waals surface area contributed by atoms with Crippen molar-refractivity contribution in [3.63, 3.8) is 0 Å². The number of nitrogens with zero attached hydrogens (tertiary/aromatic N) is 3. The highest BCUT2D eigenvalue weighted by molar-refractivity contribution is 7.08. The van der Waals surface area contributed by atoms with Crippen LogP contribution >= 0.6 is 73.4 Å². The van der Waals surface area contributed by atoms with Crippen LogP contribution in [0.15, 0.2) is 206 Å². The Balaban J connectivity index is 0.000000331. The second kappa shape index (κ2) is 58.1. The maximum Gasteiger partial charge on any atom is 0.416 e. The van der Waals surface area contributed by atoms with E-state index in [-0.39, 0.29) is 193 Å². The van der Waals surface area contributed by atoms with Crippen LogP contribution in [0.5, 0.6) is 0 Å². The highest BCUT2D eigenvalue weighted by atomic mass is 35.5. The summed E-state index contributed by atoms with van der Waals surface area (Å²) in [6.45, 7) is 12.4. The second-order valence-electron chi connectivity index (χ2n) is 34.4. The van der Waals surface area contributed by atoms with E-state index in [1.165, 1.54) is 66.7 Å². The molecule has 34 heteroatoms. The molecular weight excluding hydrogens is 1910 g/mol. The predicted molar refractivity (Wildman–Crippen MR) is 514 cm³/mol. The van der Waals surface area contributed by atoms with Crippen molar-refractivity contribution >= 4 is 102 Å². The molecule has 0 spiro atoms. The number of rotatable bonds is 23. The van der Waals surface area contributed by atoms with Gasteiger partial charge < -0.3 is 31.9 Å². The number of thiophene rings is 1. The molecule has 6 fully saturated rings. The Morgan fingerprint density at radius 3 is 1.04 bits per heavy atom. The monoisotopic (exact) mass is 2020 g/mol. The highest BCUT2D eigenvalue weighted by Gasteiger charge is 2.45. The van der Waals surface area contributed by atoms with Gasteiger partial charge in [-0.25, -0.2) is 30.7 Å². The number of nitrogens with one attached hydrogen (secondary N) is 6. The summed E-state index contributed by atoms with van der Waals surface area (Å²) in [7, 11) is 0. The van der Waals surface area contributed by atoms with Crippen molar-refractivity contribution in [1.29, 1.82) is 10.5 Å². The summed E-state index contributed by atoms with van der Waals surface area (Å²) in [6, 6.07) is 52.3. The zero-order chi connectivity index (χ0) is 94.7. The van der Waals surface area contributed by atoms with Crippen molar-refractivity contribution in [2.75, 3.05) is 78.5 Å². The number of nitriles is 2. The van der Waals surface area contributed by atoms with E-state index in [9.17, 15) is 96.0 Å². The molecule has 15 rings (SSSR count). The lowest BCUT2D eigenvalue weighted by atomic mass is 9.65. The summed E-state index contributed by atoms with van der Waals surface area (Å²) in [4.78, 5) is 64.0. The molecule has 1 atom stereocenters. The molecule has 7 aromatic carbocycles.